The molecule has 1 heterocycles. The zero-order valence-electron chi connectivity index (χ0n) is 10.7. The Morgan fingerprint density at radius 3 is 2.47 bits per heavy atom. The van der Waals surface area contributed by atoms with Crippen LogP contribution < -0.4 is 5.32 Å². The van der Waals surface area contributed by atoms with Gasteiger partial charge in [0, 0.05) is 12.1 Å². The number of nitrogens with one attached hydrogen (secondary N) is 1. The maximum atomic E-state index is 4.40. The van der Waals surface area contributed by atoms with E-state index < -0.39 is 0 Å². The van der Waals surface area contributed by atoms with E-state index in [1.54, 1.807) is 0 Å². The molecular formula is C13H17N3S. The molecule has 90 valence electrons. The molecule has 2 aromatic rings. The van der Waals surface area contributed by atoms with Crippen molar-refractivity contribution < 1.29 is 0 Å². The molecule has 0 saturated carbocycles. The maximum Gasteiger partial charge on any atom is 0.168 e. The Morgan fingerprint density at radius 1 is 1.06 bits per heavy atom. The zero-order valence-corrected chi connectivity index (χ0v) is 11.5. The van der Waals surface area contributed by atoms with E-state index in [0.29, 0.717) is 0 Å². The number of benzene rings is 1. The Labute approximate surface area is 106 Å². The number of anilines is 1. The van der Waals surface area contributed by atoms with Crippen LogP contribution in [0.15, 0.2) is 12.1 Å². The normalized spacial score (nSPS) is 10.6. The van der Waals surface area contributed by atoms with E-state index in [1.807, 2.05) is 0 Å². The van der Waals surface area contributed by atoms with Gasteiger partial charge in [-0.3, -0.25) is 0 Å². The minimum Gasteiger partial charge on any atom is -0.368 e. The van der Waals surface area contributed by atoms with Gasteiger partial charge >= 0.3 is 0 Å². The van der Waals surface area contributed by atoms with Crippen molar-refractivity contribution in [2.24, 2.45) is 0 Å². The van der Waals surface area contributed by atoms with Gasteiger partial charge in [0.05, 0.1) is 11.7 Å². The summed E-state index contributed by atoms with van der Waals surface area (Å²) in [4.78, 5) is 0. The first kappa shape index (κ1) is 12.0. The predicted molar refractivity (Wildman–Crippen MR) is 73.7 cm³/mol. The lowest BCUT2D eigenvalue weighted by atomic mass is 9.99. The molecule has 0 spiro atoms. The van der Waals surface area contributed by atoms with Gasteiger partial charge in [0.2, 0.25) is 0 Å². The van der Waals surface area contributed by atoms with Gasteiger partial charge < -0.3 is 5.32 Å². The number of hydrogen-bond donors (Lipinski definition) is 1. The van der Waals surface area contributed by atoms with Crippen LogP contribution in [-0.4, -0.2) is 15.3 Å². The first-order valence-electron chi connectivity index (χ1n) is 5.78. The predicted octanol–water partition coefficient (Wildman–Crippen LogP) is 3.56. The van der Waals surface area contributed by atoms with Crippen LogP contribution in [0.2, 0.25) is 0 Å². The highest BCUT2D eigenvalue weighted by atomic mass is 32.1. The molecule has 0 aliphatic carbocycles. The zero-order chi connectivity index (χ0) is 12.4. The van der Waals surface area contributed by atoms with Gasteiger partial charge in [0.15, 0.2) is 5.82 Å². The summed E-state index contributed by atoms with van der Waals surface area (Å²) in [5.74, 6) is 0.892. The van der Waals surface area contributed by atoms with Crippen molar-refractivity contribution >= 4 is 17.5 Å². The molecule has 0 radical (unpaired) electrons. The summed E-state index contributed by atoms with van der Waals surface area (Å²) in [5, 5.41) is 3.25. The van der Waals surface area contributed by atoms with Crippen molar-refractivity contribution in [2.45, 2.75) is 27.7 Å². The fourth-order valence-electron chi connectivity index (χ4n) is 1.86. The number of rotatable bonds is 3. The van der Waals surface area contributed by atoms with Crippen LogP contribution in [0.25, 0.3) is 11.3 Å². The summed E-state index contributed by atoms with van der Waals surface area (Å²) in [7, 11) is 0. The summed E-state index contributed by atoms with van der Waals surface area (Å²) in [6.07, 6.45) is 0. The number of aryl methyl sites for hydroxylation is 3. The SMILES string of the molecule is CCNc1nsnc1-c1cc(C)c(C)cc1C. The van der Waals surface area contributed by atoms with E-state index in [-0.39, 0.29) is 0 Å². The molecule has 0 atom stereocenters. The Balaban J connectivity index is 2.52. The third-order valence-corrected chi connectivity index (χ3v) is 3.46. The standard InChI is InChI=1S/C13H17N3S/c1-5-14-13-12(15-17-16-13)11-7-9(3)8(2)6-10(11)4/h6-7H,5H2,1-4H3,(H,14,16). The number of nitrogens with zero attached hydrogens (tertiary/aromatic N) is 2. The van der Waals surface area contributed by atoms with Crippen molar-refractivity contribution in [3.8, 4) is 11.3 Å². The quantitative estimate of drug-likeness (QED) is 0.901. The third-order valence-electron chi connectivity index (χ3n) is 2.93. The fourth-order valence-corrected chi connectivity index (χ4v) is 2.40. The molecular weight excluding hydrogens is 230 g/mol. The fraction of sp³-hybridized carbons (Fsp3) is 0.385. The average Bonchev–Trinajstić information content (AvgIpc) is 2.72. The van der Waals surface area contributed by atoms with E-state index in [0.717, 1.165) is 18.1 Å². The van der Waals surface area contributed by atoms with Crippen LogP contribution in [-0.2, 0) is 0 Å². The minimum atomic E-state index is 0.863. The number of hydrogen-bond acceptors (Lipinski definition) is 4. The second kappa shape index (κ2) is 4.84. The van der Waals surface area contributed by atoms with Crippen molar-refractivity contribution in [1.29, 1.82) is 0 Å². The molecule has 1 N–H and O–H groups in total. The van der Waals surface area contributed by atoms with Crippen LogP contribution in [0, 0.1) is 20.8 Å². The highest BCUT2D eigenvalue weighted by molar-refractivity contribution is 6.99. The molecule has 0 bridgehead atoms. The maximum absolute atomic E-state index is 4.40. The Bertz CT molecular complexity index is 531. The van der Waals surface area contributed by atoms with Gasteiger partial charge in [-0.25, -0.2) is 0 Å². The van der Waals surface area contributed by atoms with Crippen LogP contribution in [0.5, 0.6) is 0 Å². The second-order valence-electron chi connectivity index (χ2n) is 4.24. The lowest BCUT2D eigenvalue weighted by Crippen LogP contribution is -1.99. The molecule has 1 aromatic heterocycles. The lowest BCUT2D eigenvalue weighted by molar-refractivity contribution is 1.19. The van der Waals surface area contributed by atoms with E-state index in [1.165, 1.54) is 34.0 Å². The summed E-state index contributed by atoms with van der Waals surface area (Å²) >= 11 is 1.26. The summed E-state index contributed by atoms with van der Waals surface area (Å²) in [6.45, 7) is 9.32. The van der Waals surface area contributed by atoms with Crippen LogP contribution in [0.1, 0.15) is 23.6 Å². The van der Waals surface area contributed by atoms with Crippen LogP contribution >= 0.6 is 11.7 Å². The van der Waals surface area contributed by atoms with Gasteiger partial charge in [0.1, 0.15) is 5.69 Å². The lowest BCUT2D eigenvalue weighted by Gasteiger charge is -2.09. The molecule has 0 amide bonds. The molecule has 0 unspecified atom stereocenters. The molecule has 0 fully saturated rings. The number of aromatic nitrogens is 2. The minimum absolute atomic E-state index is 0.863. The molecule has 0 saturated heterocycles. The van der Waals surface area contributed by atoms with Crippen LogP contribution in [0.4, 0.5) is 5.82 Å². The molecule has 1 aromatic carbocycles. The summed E-state index contributed by atoms with van der Waals surface area (Å²) in [6, 6.07) is 4.40. The van der Waals surface area contributed by atoms with Gasteiger partial charge in [0.25, 0.3) is 0 Å². The van der Waals surface area contributed by atoms with Gasteiger partial charge in [-0.1, -0.05) is 6.07 Å². The topological polar surface area (TPSA) is 37.8 Å². The third kappa shape index (κ3) is 2.31. The van der Waals surface area contributed by atoms with E-state index in [2.05, 4.69) is 53.9 Å². The molecule has 4 heteroatoms. The first-order chi connectivity index (χ1) is 8.13. The summed E-state index contributed by atoms with van der Waals surface area (Å²) in [5.41, 5.74) is 6.01. The average molecular weight is 247 g/mol. The van der Waals surface area contributed by atoms with E-state index >= 15 is 0 Å². The summed E-state index contributed by atoms with van der Waals surface area (Å²) < 4.78 is 8.70. The van der Waals surface area contributed by atoms with Crippen molar-refractivity contribution in [1.82, 2.24) is 8.75 Å². The molecule has 0 aliphatic heterocycles. The van der Waals surface area contributed by atoms with Gasteiger partial charge in [-0.2, -0.15) is 8.75 Å². The van der Waals surface area contributed by atoms with Gasteiger partial charge in [-0.15, -0.1) is 0 Å². The first-order valence-corrected chi connectivity index (χ1v) is 6.51. The molecule has 3 nitrogen and oxygen atoms in total. The van der Waals surface area contributed by atoms with E-state index in [4.69, 9.17) is 0 Å². The van der Waals surface area contributed by atoms with Crippen molar-refractivity contribution in [3.05, 3.63) is 28.8 Å². The molecule has 2 rings (SSSR count). The van der Waals surface area contributed by atoms with Crippen molar-refractivity contribution in [2.75, 3.05) is 11.9 Å². The smallest absolute Gasteiger partial charge is 0.168 e. The Hall–Kier alpha value is -1.42. The van der Waals surface area contributed by atoms with Gasteiger partial charge in [-0.05, 0) is 50.5 Å². The Kier molecular flexibility index (Phi) is 3.43. The second-order valence-corrected chi connectivity index (χ2v) is 4.77. The van der Waals surface area contributed by atoms with Crippen LogP contribution in [0.3, 0.4) is 0 Å². The molecule has 17 heavy (non-hydrogen) atoms. The van der Waals surface area contributed by atoms with E-state index in [9.17, 15) is 0 Å². The highest BCUT2D eigenvalue weighted by Crippen LogP contribution is 2.30. The Morgan fingerprint density at radius 2 is 1.76 bits per heavy atom. The highest BCUT2D eigenvalue weighted by Gasteiger charge is 2.12. The van der Waals surface area contributed by atoms with Crippen molar-refractivity contribution in [3.63, 3.8) is 0 Å². The largest absolute Gasteiger partial charge is 0.368 e. The monoisotopic (exact) mass is 247 g/mol. The molecule has 0 aliphatic rings.